The zero-order valence-electron chi connectivity index (χ0n) is 8.34. The molecule has 3 aromatic rings. The minimum Gasteiger partial charge on any atom is -0.218 e. The third-order valence-corrected chi connectivity index (χ3v) is 2.33. The van der Waals surface area contributed by atoms with Crippen LogP contribution in [0.15, 0.2) is 48.7 Å². The highest BCUT2D eigenvalue weighted by Crippen LogP contribution is 2.15. The molecule has 0 bridgehead atoms. The SMILES string of the molecule is Fc1ccc2nc(-c3ccccc3)nn2c1. The van der Waals surface area contributed by atoms with Crippen molar-refractivity contribution in [1.29, 1.82) is 0 Å². The van der Waals surface area contributed by atoms with Gasteiger partial charge in [0.15, 0.2) is 11.5 Å². The van der Waals surface area contributed by atoms with E-state index in [0.717, 1.165) is 5.56 Å². The van der Waals surface area contributed by atoms with Gasteiger partial charge in [-0.3, -0.25) is 0 Å². The molecule has 16 heavy (non-hydrogen) atoms. The van der Waals surface area contributed by atoms with Gasteiger partial charge in [0.05, 0.1) is 6.20 Å². The van der Waals surface area contributed by atoms with Crippen molar-refractivity contribution in [2.24, 2.45) is 0 Å². The van der Waals surface area contributed by atoms with Crippen molar-refractivity contribution in [1.82, 2.24) is 14.6 Å². The van der Waals surface area contributed by atoms with Gasteiger partial charge >= 0.3 is 0 Å². The summed E-state index contributed by atoms with van der Waals surface area (Å²) in [5.74, 6) is 0.281. The molecule has 78 valence electrons. The number of hydrogen-bond acceptors (Lipinski definition) is 2. The van der Waals surface area contributed by atoms with Crippen LogP contribution in [-0.4, -0.2) is 14.6 Å². The van der Waals surface area contributed by atoms with Crippen LogP contribution in [-0.2, 0) is 0 Å². The normalized spacial score (nSPS) is 10.8. The molecule has 0 amide bonds. The molecule has 0 saturated heterocycles. The molecule has 0 fully saturated rings. The molecular weight excluding hydrogens is 205 g/mol. The summed E-state index contributed by atoms with van der Waals surface area (Å²) in [7, 11) is 0. The van der Waals surface area contributed by atoms with Crippen LogP contribution < -0.4 is 0 Å². The fourth-order valence-electron chi connectivity index (χ4n) is 1.57. The maximum absolute atomic E-state index is 13.0. The fourth-order valence-corrected chi connectivity index (χ4v) is 1.57. The topological polar surface area (TPSA) is 30.2 Å². The molecule has 0 saturated carbocycles. The van der Waals surface area contributed by atoms with Crippen molar-refractivity contribution in [3.63, 3.8) is 0 Å². The molecule has 2 heterocycles. The van der Waals surface area contributed by atoms with Crippen molar-refractivity contribution in [2.45, 2.75) is 0 Å². The van der Waals surface area contributed by atoms with Gasteiger partial charge in [0, 0.05) is 5.56 Å². The Morgan fingerprint density at radius 1 is 1.00 bits per heavy atom. The van der Waals surface area contributed by atoms with Gasteiger partial charge in [-0.2, -0.15) is 0 Å². The van der Waals surface area contributed by atoms with E-state index in [1.807, 2.05) is 30.3 Å². The Kier molecular flexibility index (Phi) is 1.93. The van der Waals surface area contributed by atoms with Crippen LogP contribution in [0.5, 0.6) is 0 Å². The number of nitrogens with zero attached hydrogens (tertiary/aromatic N) is 3. The molecule has 2 aromatic heterocycles. The van der Waals surface area contributed by atoms with Gasteiger partial charge in [-0.15, -0.1) is 5.10 Å². The molecule has 3 nitrogen and oxygen atoms in total. The monoisotopic (exact) mass is 213 g/mol. The lowest BCUT2D eigenvalue weighted by molar-refractivity contribution is 0.615. The highest BCUT2D eigenvalue weighted by molar-refractivity contribution is 5.57. The number of rotatable bonds is 1. The highest BCUT2D eigenvalue weighted by Gasteiger charge is 2.05. The van der Waals surface area contributed by atoms with Crippen LogP contribution in [0.4, 0.5) is 4.39 Å². The Bertz CT molecular complexity index is 631. The van der Waals surface area contributed by atoms with Gasteiger partial charge in [0.1, 0.15) is 5.82 Å². The average Bonchev–Trinajstić information content (AvgIpc) is 2.73. The number of benzene rings is 1. The second-order valence-electron chi connectivity index (χ2n) is 3.45. The number of hydrogen-bond donors (Lipinski definition) is 0. The van der Waals surface area contributed by atoms with Crippen molar-refractivity contribution < 1.29 is 4.39 Å². The molecule has 0 N–H and O–H groups in total. The Morgan fingerprint density at radius 2 is 1.81 bits per heavy atom. The second kappa shape index (κ2) is 3.41. The summed E-state index contributed by atoms with van der Waals surface area (Å²) in [6.45, 7) is 0. The molecule has 0 spiro atoms. The highest BCUT2D eigenvalue weighted by atomic mass is 19.1. The van der Waals surface area contributed by atoms with E-state index < -0.39 is 0 Å². The summed E-state index contributed by atoms with van der Waals surface area (Å²) in [6, 6.07) is 12.6. The van der Waals surface area contributed by atoms with E-state index in [4.69, 9.17) is 0 Å². The van der Waals surface area contributed by atoms with Crippen LogP contribution in [0.25, 0.3) is 17.0 Å². The molecule has 0 aliphatic carbocycles. The molecule has 0 aliphatic heterocycles. The zero-order chi connectivity index (χ0) is 11.0. The lowest BCUT2D eigenvalue weighted by Crippen LogP contribution is -1.88. The van der Waals surface area contributed by atoms with E-state index in [2.05, 4.69) is 10.1 Å². The van der Waals surface area contributed by atoms with Crippen LogP contribution in [0.2, 0.25) is 0 Å². The van der Waals surface area contributed by atoms with E-state index in [1.54, 1.807) is 6.07 Å². The lowest BCUT2D eigenvalue weighted by atomic mass is 10.2. The maximum Gasteiger partial charge on any atom is 0.182 e. The molecular formula is C12H8FN3. The molecule has 0 aliphatic rings. The Labute approximate surface area is 91.2 Å². The third-order valence-electron chi connectivity index (χ3n) is 2.33. The van der Waals surface area contributed by atoms with E-state index in [-0.39, 0.29) is 5.82 Å². The predicted molar refractivity (Wildman–Crippen MR) is 58.4 cm³/mol. The summed E-state index contributed by atoms with van der Waals surface area (Å²) < 4.78 is 14.4. The van der Waals surface area contributed by atoms with Gasteiger partial charge in [-0.1, -0.05) is 30.3 Å². The number of halogens is 1. The Hall–Kier alpha value is -2.23. The molecule has 0 atom stereocenters. The first kappa shape index (κ1) is 9.03. The third kappa shape index (κ3) is 1.44. The number of fused-ring (bicyclic) bond motifs is 1. The predicted octanol–water partition coefficient (Wildman–Crippen LogP) is 2.54. The van der Waals surface area contributed by atoms with Gasteiger partial charge in [-0.25, -0.2) is 13.9 Å². The first-order chi connectivity index (χ1) is 7.83. The van der Waals surface area contributed by atoms with E-state index in [9.17, 15) is 4.39 Å². The molecule has 4 heteroatoms. The molecule has 0 radical (unpaired) electrons. The zero-order valence-corrected chi connectivity index (χ0v) is 8.34. The number of pyridine rings is 1. The minimum absolute atomic E-state index is 0.322. The summed E-state index contributed by atoms with van der Waals surface area (Å²) in [5.41, 5.74) is 1.56. The quantitative estimate of drug-likeness (QED) is 0.621. The molecule has 0 unspecified atom stereocenters. The number of aromatic nitrogens is 3. The lowest BCUT2D eigenvalue weighted by Gasteiger charge is -1.91. The van der Waals surface area contributed by atoms with Crippen molar-refractivity contribution in [3.05, 3.63) is 54.5 Å². The van der Waals surface area contributed by atoms with Gasteiger partial charge < -0.3 is 0 Å². The minimum atomic E-state index is -0.322. The first-order valence-electron chi connectivity index (χ1n) is 4.90. The van der Waals surface area contributed by atoms with Crippen LogP contribution in [0, 0.1) is 5.82 Å². The van der Waals surface area contributed by atoms with E-state index >= 15 is 0 Å². The van der Waals surface area contributed by atoms with Crippen molar-refractivity contribution in [2.75, 3.05) is 0 Å². The van der Waals surface area contributed by atoms with Gasteiger partial charge in [0.2, 0.25) is 0 Å². The maximum atomic E-state index is 13.0. The standard InChI is InChI=1S/C12H8FN3/c13-10-6-7-11-14-12(15-16(11)8-10)9-4-2-1-3-5-9/h1-8H. The summed E-state index contributed by atoms with van der Waals surface area (Å²) >= 11 is 0. The second-order valence-corrected chi connectivity index (χ2v) is 3.45. The summed E-state index contributed by atoms with van der Waals surface area (Å²) in [4.78, 5) is 4.31. The largest absolute Gasteiger partial charge is 0.218 e. The summed E-state index contributed by atoms with van der Waals surface area (Å²) in [5, 5.41) is 4.21. The average molecular weight is 213 g/mol. The van der Waals surface area contributed by atoms with Crippen LogP contribution >= 0.6 is 0 Å². The van der Waals surface area contributed by atoms with Crippen LogP contribution in [0.1, 0.15) is 0 Å². The fraction of sp³-hybridized carbons (Fsp3) is 0. The van der Waals surface area contributed by atoms with Crippen molar-refractivity contribution in [3.8, 4) is 11.4 Å². The smallest absolute Gasteiger partial charge is 0.182 e. The Morgan fingerprint density at radius 3 is 2.62 bits per heavy atom. The van der Waals surface area contributed by atoms with Gasteiger partial charge in [0.25, 0.3) is 0 Å². The van der Waals surface area contributed by atoms with Crippen LogP contribution in [0.3, 0.4) is 0 Å². The van der Waals surface area contributed by atoms with Gasteiger partial charge in [-0.05, 0) is 12.1 Å². The molecule has 1 aromatic carbocycles. The summed E-state index contributed by atoms with van der Waals surface area (Å²) in [6.07, 6.45) is 1.31. The first-order valence-corrected chi connectivity index (χ1v) is 4.90. The Balaban J connectivity index is 2.19. The van der Waals surface area contributed by atoms with E-state index in [0.29, 0.717) is 11.5 Å². The molecule has 3 rings (SSSR count). The van der Waals surface area contributed by atoms with E-state index in [1.165, 1.54) is 16.8 Å². The van der Waals surface area contributed by atoms with Crippen molar-refractivity contribution >= 4 is 5.65 Å².